The van der Waals surface area contributed by atoms with Gasteiger partial charge in [-0.15, -0.1) is 0 Å². The van der Waals surface area contributed by atoms with Crippen molar-refractivity contribution >= 4 is 40.1 Å². The number of hydrogen-bond acceptors (Lipinski definition) is 11. The smallest absolute Gasteiger partial charge is 0.274 e. The number of pyridine rings is 1. The van der Waals surface area contributed by atoms with E-state index in [2.05, 4.69) is 59.7 Å². The zero-order valence-corrected chi connectivity index (χ0v) is 40.4. The van der Waals surface area contributed by atoms with Gasteiger partial charge in [-0.2, -0.15) is 5.10 Å². The van der Waals surface area contributed by atoms with Gasteiger partial charge in [-0.05, 0) is 66.1 Å². The van der Waals surface area contributed by atoms with Gasteiger partial charge in [-0.3, -0.25) is 28.9 Å². The number of benzene rings is 3. The maximum atomic E-state index is 15.1. The van der Waals surface area contributed by atoms with Crippen LogP contribution < -0.4 is 16.2 Å². The second-order valence-electron chi connectivity index (χ2n) is 18.9. The van der Waals surface area contributed by atoms with Crippen LogP contribution in [0.25, 0.3) is 21.9 Å². The van der Waals surface area contributed by atoms with Gasteiger partial charge in [-0.25, -0.2) is 19.5 Å². The molecule has 3 aromatic carbocycles. The normalized spacial score (nSPS) is 16.1. The molecule has 71 heavy (non-hydrogen) atoms. The summed E-state index contributed by atoms with van der Waals surface area (Å²) in [4.78, 5) is 85.5. The highest BCUT2D eigenvalue weighted by atomic mass is 19.1. The van der Waals surface area contributed by atoms with Crippen LogP contribution in [0.5, 0.6) is 0 Å². The van der Waals surface area contributed by atoms with Crippen LogP contribution in [0.4, 0.5) is 10.1 Å². The fraction of sp³-hybridized carbons (Fsp3) is 0.396. The van der Waals surface area contributed by atoms with Crippen molar-refractivity contribution in [2.45, 2.75) is 39.2 Å². The summed E-state index contributed by atoms with van der Waals surface area (Å²) in [6, 6.07) is 21.7. The van der Waals surface area contributed by atoms with Crippen molar-refractivity contribution in [1.29, 1.82) is 0 Å². The number of nitrogens with zero attached hydrogens (tertiary/aromatic N) is 9. The summed E-state index contributed by atoms with van der Waals surface area (Å²) in [6.07, 6.45) is 8.20. The summed E-state index contributed by atoms with van der Waals surface area (Å²) in [5, 5.41) is 14.1. The lowest BCUT2D eigenvalue weighted by atomic mass is 9.95. The SMILES string of the molecule is CCc1cccc(-c2cnc(C(=O)N3CCC(CN4CCN(CC(=O)N5CCN(C(=O)c6cc(Cc7n[nH]c(=O)c8ccccc78)ccc6F)CC5)CC4)CC3)c(NC(=O)CNCc3cn(C)cn3)c2)c1. The number of aromatic nitrogens is 5. The number of likely N-dealkylation sites (tertiary alicyclic amines) is 1. The van der Waals surface area contributed by atoms with Crippen molar-refractivity contribution in [1.82, 2.24) is 54.5 Å². The molecule has 370 valence electrons. The Labute approximate surface area is 412 Å². The number of carbonyl (C=O) groups is 4. The molecule has 0 unspecified atom stereocenters. The zero-order chi connectivity index (χ0) is 49.4. The summed E-state index contributed by atoms with van der Waals surface area (Å²) < 4.78 is 17.0. The maximum Gasteiger partial charge on any atom is 0.274 e. The first-order valence-corrected chi connectivity index (χ1v) is 24.6. The van der Waals surface area contributed by atoms with Gasteiger partial charge >= 0.3 is 0 Å². The summed E-state index contributed by atoms with van der Waals surface area (Å²) >= 11 is 0. The molecule has 0 aliphatic carbocycles. The number of piperidine rings is 1. The van der Waals surface area contributed by atoms with E-state index < -0.39 is 11.7 Å². The highest BCUT2D eigenvalue weighted by molar-refractivity contribution is 6.03. The second kappa shape index (κ2) is 22.3. The summed E-state index contributed by atoms with van der Waals surface area (Å²) in [5.41, 5.74) is 5.39. The molecule has 17 nitrogen and oxygen atoms in total. The van der Waals surface area contributed by atoms with E-state index in [-0.39, 0.29) is 41.1 Å². The summed E-state index contributed by atoms with van der Waals surface area (Å²) in [5.74, 6) is -1.08. The fourth-order valence-electron chi connectivity index (χ4n) is 9.85. The minimum atomic E-state index is -0.611. The monoisotopic (exact) mass is 964 g/mol. The molecule has 9 rings (SSSR count). The van der Waals surface area contributed by atoms with Gasteiger partial charge < -0.3 is 34.8 Å². The Morgan fingerprint density at radius 2 is 1.49 bits per heavy atom. The van der Waals surface area contributed by atoms with E-state index in [4.69, 9.17) is 0 Å². The van der Waals surface area contributed by atoms with Crippen molar-refractivity contribution < 1.29 is 23.6 Å². The first kappa shape index (κ1) is 48.9. The molecule has 6 aromatic rings. The fourth-order valence-corrected chi connectivity index (χ4v) is 9.85. The van der Waals surface area contributed by atoms with E-state index in [9.17, 15) is 24.0 Å². The molecule has 6 heterocycles. The lowest BCUT2D eigenvalue weighted by molar-refractivity contribution is -0.134. The molecule has 0 radical (unpaired) electrons. The Kier molecular flexibility index (Phi) is 15.3. The molecule has 3 saturated heterocycles. The van der Waals surface area contributed by atoms with Crippen LogP contribution in [-0.4, -0.2) is 158 Å². The number of nitrogens with one attached hydrogen (secondary N) is 3. The number of halogens is 1. The topological polar surface area (TPSA) is 185 Å². The average molecular weight is 965 g/mol. The predicted molar refractivity (Wildman–Crippen MR) is 268 cm³/mol. The average Bonchev–Trinajstić information content (AvgIpc) is 3.82. The van der Waals surface area contributed by atoms with Crippen molar-refractivity contribution in [2.75, 3.05) is 90.4 Å². The highest BCUT2D eigenvalue weighted by Crippen LogP contribution is 2.28. The number of imidazole rings is 1. The third-order valence-corrected chi connectivity index (χ3v) is 14.0. The number of aryl methyl sites for hydroxylation is 2. The number of amides is 4. The van der Waals surface area contributed by atoms with Gasteiger partial charge in [0.2, 0.25) is 11.8 Å². The van der Waals surface area contributed by atoms with Crippen molar-refractivity contribution in [3.05, 3.63) is 141 Å². The van der Waals surface area contributed by atoms with Crippen molar-refractivity contribution in [2.24, 2.45) is 13.0 Å². The van der Waals surface area contributed by atoms with E-state index in [0.717, 1.165) is 68.8 Å². The van der Waals surface area contributed by atoms with E-state index in [1.165, 1.54) is 11.6 Å². The van der Waals surface area contributed by atoms with Gasteiger partial charge in [0.25, 0.3) is 17.4 Å². The Balaban J connectivity index is 0.721. The van der Waals surface area contributed by atoms with Gasteiger partial charge in [0, 0.05) is 115 Å². The predicted octanol–water partition coefficient (Wildman–Crippen LogP) is 4.19. The van der Waals surface area contributed by atoms with Crippen LogP contribution in [0.3, 0.4) is 0 Å². The molecule has 0 bridgehead atoms. The van der Waals surface area contributed by atoms with Crippen LogP contribution in [0.15, 0.2) is 96.3 Å². The summed E-state index contributed by atoms with van der Waals surface area (Å²) in [7, 11) is 1.89. The molecule has 18 heteroatoms. The number of anilines is 1. The van der Waals surface area contributed by atoms with Crippen LogP contribution in [0.1, 0.15) is 63.1 Å². The first-order valence-electron chi connectivity index (χ1n) is 24.6. The third-order valence-electron chi connectivity index (χ3n) is 14.0. The first-order chi connectivity index (χ1) is 34.5. The quantitative estimate of drug-likeness (QED) is 0.134. The van der Waals surface area contributed by atoms with E-state index in [0.29, 0.717) is 92.4 Å². The van der Waals surface area contributed by atoms with Crippen LogP contribution >= 0.6 is 0 Å². The summed E-state index contributed by atoms with van der Waals surface area (Å²) in [6.45, 7) is 9.53. The molecule has 3 aromatic heterocycles. The lowest BCUT2D eigenvalue weighted by Crippen LogP contribution is -2.55. The molecular formula is C53H61FN12O5. The Bertz CT molecular complexity index is 2950. The number of carbonyl (C=O) groups excluding carboxylic acids is 4. The van der Waals surface area contributed by atoms with Crippen LogP contribution in [0, 0.1) is 11.7 Å². The molecule has 0 spiro atoms. The van der Waals surface area contributed by atoms with Crippen molar-refractivity contribution in [3.8, 4) is 11.1 Å². The number of aromatic amines is 1. The lowest BCUT2D eigenvalue weighted by Gasteiger charge is -2.40. The highest BCUT2D eigenvalue weighted by Gasteiger charge is 2.31. The minimum Gasteiger partial charge on any atom is -0.340 e. The molecule has 3 aliphatic heterocycles. The molecule has 4 amide bonds. The van der Waals surface area contributed by atoms with Crippen LogP contribution in [0.2, 0.25) is 0 Å². The third kappa shape index (κ3) is 11.9. The van der Waals surface area contributed by atoms with Crippen LogP contribution in [-0.2, 0) is 36.0 Å². The molecule has 0 atom stereocenters. The molecule has 3 fully saturated rings. The Morgan fingerprint density at radius 1 is 0.761 bits per heavy atom. The van der Waals surface area contributed by atoms with E-state index >= 15 is 4.39 Å². The maximum absolute atomic E-state index is 15.1. The van der Waals surface area contributed by atoms with Gasteiger partial charge in [0.15, 0.2) is 5.69 Å². The zero-order valence-electron chi connectivity index (χ0n) is 40.4. The van der Waals surface area contributed by atoms with E-state index in [1.807, 2.05) is 53.0 Å². The number of rotatable bonds is 15. The number of fused-ring (bicyclic) bond motifs is 1. The largest absolute Gasteiger partial charge is 0.340 e. The number of H-pyrrole nitrogens is 1. The molecule has 3 aliphatic rings. The molecular weight excluding hydrogens is 904 g/mol. The minimum absolute atomic E-state index is 0.0196. The Hall–Kier alpha value is -7.15. The molecule has 3 N–H and O–H groups in total. The van der Waals surface area contributed by atoms with Crippen molar-refractivity contribution in [3.63, 3.8) is 0 Å². The Morgan fingerprint density at radius 3 is 2.24 bits per heavy atom. The number of piperazine rings is 2. The van der Waals surface area contributed by atoms with Gasteiger partial charge in [0.05, 0.1) is 47.4 Å². The standard InChI is InChI=1S/C53H61FN12O5/c1-3-36-7-6-8-39(25-36)40-28-47(58-48(67)31-55-30-41-33-61(2)35-57-41)50(56-29-40)53(71)65-15-13-37(14-16-65)32-62-17-19-63(20-18-62)34-49(68)64-21-23-66(24-22-64)52(70)44-26-38(11-12-45(44)54)27-46-42-9-4-5-10-43(42)51(69)60-59-46/h4-12,25-26,28-29,33,35,37,55H,3,13-24,27,30-32,34H2,1-2H3,(H,58,67)(H,60,69). The van der Waals surface area contributed by atoms with Gasteiger partial charge in [0.1, 0.15) is 5.82 Å². The second-order valence-corrected chi connectivity index (χ2v) is 18.9. The number of hydrogen-bond donors (Lipinski definition) is 3. The van der Waals surface area contributed by atoms with Gasteiger partial charge in [-0.1, -0.05) is 55.5 Å². The van der Waals surface area contributed by atoms with E-state index in [1.54, 1.807) is 46.6 Å². The molecule has 0 saturated carbocycles.